The SMILES string of the molecule is C#CCC(CC#C)C(=O)OC(C)OC(=O)CCC/C=C\C[C@@H]1[C@@H](CC[C@@H](O)CCc2ccccc2)[C@H](O)C[C@@H]1O. The van der Waals surface area contributed by atoms with Crippen LogP contribution in [-0.4, -0.2) is 51.9 Å². The minimum atomic E-state index is -1.03. The molecule has 3 N–H and O–H groups in total. The predicted molar refractivity (Wildman–Crippen MR) is 153 cm³/mol. The van der Waals surface area contributed by atoms with Crippen LogP contribution in [0.3, 0.4) is 0 Å². The van der Waals surface area contributed by atoms with Crippen LogP contribution in [0.25, 0.3) is 0 Å². The third kappa shape index (κ3) is 12.0. The van der Waals surface area contributed by atoms with Gasteiger partial charge in [-0.25, -0.2) is 0 Å². The Bertz CT molecular complexity index is 990. The number of esters is 2. The summed E-state index contributed by atoms with van der Waals surface area (Å²) in [6.45, 7) is 1.47. The molecule has 1 aliphatic carbocycles. The van der Waals surface area contributed by atoms with E-state index >= 15 is 0 Å². The molecule has 0 bridgehead atoms. The molecule has 1 fully saturated rings. The van der Waals surface area contributed by atoms with Gasteiger partial charge < -0.3 is 24.8 Å². The van der Waals surface area contributed by atoms with Crippen LogP contribution in [0, 0.1) is 42.4 Å². The summed E-state index contributed by atoms with van der Waals surface area (Å²) >= 11 is 0. The van der Waals surface area contributed by atoms with E-state index in [1.54, 1.807) is 0 Å². The van der Waals surface area contributed by atoms with Crippen molar-refractivity contribution in [3.8, 4) is 24.7 Å². The zero-order valence-electron chi connectivity index (χ0n) is 23.5. The van der Waals surface area contributed by atoms with Crippen molar-refractivity contribution in [2.75, 3.05) is 0 Å². The second kappa shape index (κ2) is 18.3. The van der Waals surface area contributed by atoms with Crippen molar-refractivity contribution >= 4 is 11.9 Å². The fourth-order valence-corrected chi connectivity index (χ4v) is 5.20. The number of aryl methyl sites for hydroxylation is 1. The maximum Gasteiger partial charge on any atom is 0.313 e. The van der Waals surface area contributed by atoms with Gasteiger partial charge in [0.05, 0.1) is 24.2 Å². The fraction of sp³-hybridized carbons (Fsp3) is 0.576. The first-order valence-corrected chi connectivity index (χ1v) is 14.2. The highest BCUT2D eigenvalue weighted by Gasteiger charge is 2.40. The van der Waals surface area contributed by atoms with Crippen molar-refractivity contribution in [3.05, 3.63) is 48.0 Å². The van der Waals surface area contributed by atoms with Gasteiger partial charge in [0.15, 0.2) is 0 Å². The highest BCUT2D eigenvalue weighted by molar-refractivity contribution is 5.74. The van der Waals surface area contributed by atoms with E-state index in [0.29, 0.717) is 44.9 Å². The molecule has 0 aromatic heterocycles. The number of hydrogen-bond donors (Lipinski definition) is 3. The average molecular weight is 553 g/mol. The first kappa shape index (κ1) is 33.1. The maximum absolute atomic E-state index is 12.1. The molecule has 1 saturated carbocycles. The van der Waals surface area contributed by atoms with Crippen LogP contribution in [-0.2, 0) is 25.5 Å². The Labute approximate surface area is 239 Å². The summed E-state index contributed by atoms with van der Waals surface area (Å²) in [4.78, 5) is 24.2. The molecule has 1 aliphatic rings. The number of allylic oxidation sites excluding steroid dienone is 2. The van der Waals surface area contributed by atoms with Crippen LogP contribution in [0.1, 0.15) is 76.7 Å². The Morgan fingerprint density at radius 3 is 2.38 bits per heavy atom. The zero-order valence-corrected chi connectivity index (χ0v) is 23.5. The molecule has 7 nitrogen and oxygen atoms in total. The van der Waals surface area contributed by atoms with E-state index in [1.807, 2.05) is 42.5 Å². The largest absolute Gasteiger partial charge is 0.425 e. The lowest BCUT2D eigenvalue weighted by molar-refractivity contribution is -0.187. The lowest BCUT2D eigenvalue weighted by Gasteiger charge is -2.23. The number of carbonyl (C=O) groups excluding carboxylic acids is 2. The van der Waals surface area contributed by atoms with Crippen LogP contribution in [0.15, 0.2) is 42.5 Å². The summed E-state index contributed by atoms with van der Waals surface area (Å²) in [5.74, 6) is 2.97. The number of benzene rings is 1. The molecule has 40 heavy (non-hydrogen) atoms. The number of aliphatic hydroxyl groups is 3. The summed E-state index contributed by atoms with van der Waals surface area (Å²) in [6, 6.07) is 10.0. The Hall–Kier alpha value is -3.10. The fourth-order valence-electron chi connectivity index (χ4n) is 5.20. The second-order valence-electron chi connectivity index (χ2n) is 10.6. The molecule has 0 aliphatic heterocycles. The molecule has 0 amide bonds. The van der Waals surface area contributed by atoms with E-state index in [4.69, 9.17) is 22.3 Å². The third-order valence-electron chi connectivity index (χ3n) is 7.43. The predicted octanol–water partition coefficient (Wildman–Crippen LogP) is 4.33. The van der Waals surface area contributed by atoms with Gasteiger partial charge in [0.25, 0.3) is 0 Å². The van der Waals surface area contributed by atoms with Crippen molar-refractivity contribution < 1.29 is 34.4 Å². The molecule has 0 saturated heterocycles. The maximum atomic E-state index is 12.1. The van der Waals surface area contributed by atoms with Gasteiger partial charge in [-0.05, 0) is 68.8 Å². The molecule has 1 aromatic rings. The van der Waals surface area contributed by atoms with Crippen molar-refractivity contribution in [1.29, 1.82) is 0 Å². The summed E-state index contributed by atoms with van der Waals surface area (Å²) < 4.78 is 10.3. The van der Waals surface area contributed by atoms with E-state index in [9.17, 15) is 24.9 Å². The van der Waals surface area contributed by atoms with Gasteiger partial charge >= 0.3 is 11.9 Å². The first-order chi connectivity index (χ1) is 19.2. The van der Waals surface area contributed by atoms with Gasteiger partial charge in [-0.2, -0.15) is 0 Å². The van der Waals surface area contributed by atoms with Crippen molar-refractivity contribution in [2.45, 2.75) is 102 Å². The quantitative estimate of drug-likeness (QED) is 0.0867. The zero-order chi connectivity index (χ0) is 29.3. The van der Waals surface area contributed by atoms with Gasteiger partial charge in [-0.1, -0.05) is 42.5 Å². The molecule has 1 aromatic carbocycles. The summed E-state index contributed by atoms with van der Waals surface area (Å²) in [6.07, 6.45) is 17.2. The van der Waals surface area contributed by atoms with Crippen molar-refractivity contribution in [3.63, 3.8) is 0 Å². The highest BCUT2D eigenvalue weighted by Crippen LogP contribution is 2.38. The number of hydrogen-bond acceptors (Lipinski definition) is 7. The molecule has 1 unspecified atom stereocenters. The highest BCUT2D eigenvalue weighted by atomic mass is 16.7. The second-order valence-corrected chi connectivity index (χ2v) is 10.6. The Kier molecular flexibility index (Phi) is 15.1. The normalized spacial score (nSPS) is 22.0. The van der Waals surface area contributed by atoms with E-state index in [0.717, 1.165) is 6.42 Å². The molecule has 7 heteroatoms. The number of aliphatic hydroxyl groups excluding tert-OH is 3. The van der Waals surface area contributed by atoms with Gasteiger partial charge in [0, 0.05) is 26.2 Å². The van der Waals surface area contributed by atoms with Crippen molar-refractivity contribution in [2.24, 2.45) is 17.8 Å². The summed E-state index contributed by atoms with van der Waals surface area (Å²) in [5.41, 5.74) is 1.19. The third-order valence-corrected chi connectivity index (χ3v) is 7.43. The standard InChI is InChI=1S/C33H44O7/c1-4-13-26(14-5-2)33(38)40-24(3)39-32(37)18-12-7-6-11-17-28-29(31(36)23-30(28)35)22-21-27(34)20-19-25-15-9-8-10-16-25/h1-2,6,8-11,15-16,24,26-31,34-36H,7,12-14,17-23H2,3H3/b11-6-/t24?,27-,28+,29+,30-,31+/m0/s1. The van der Waals surface area contributed by atoms with Gasteiger partial charge in [-0.3, -0.25) is 9.59 Å². The van der Waals surface area contributed by atoms with Crippen LogP contribution in [0.4, 0.5) is 0 Å². The van der Waals surface area contributed by atoms with E-state index < -0.39 is 42.5 Å². The molecule has 6 atom stereocenters. The lowest BCUT2D eigenvalue weighted by Crippen LogP contribution is -2.26. The van der Waals surface area contributed by atoms with E-state index in [1.165, 1.54) is 12.5 Å². The van der Waals surface area contributed by atoms with Crippen LogP contribution >= 0.6 is 0 Å². The number of carbonyl (C=O) groups is 2. The number of rotatable bonds is 17. The van der Waals surface area contributed by atoms with Crippen LogP contribution in [0.2, 0.25) is 0 Å². The molecular formula is C33H44O7. The van der Waals surface area contributed by atoms with Gasteiger partial charge in [0.2, 0.25) is 6.29 Å². The van der Waals surface area contributed by atoms with Gasteiger partial charge in [0.1, 0.15) is 0 Å². The van der Waals surface area contributed by atoms with E-state index in [2.05, 4.69) is 11.8 Å². The monoisotopic (exact) mass is 552 g/mol. The molecule has 0 radical (unpaired) electrons. The number of terminal acetylenes is 2. The molecule has 2 rings (SSSR count). The molecule has 218 valence electrons. The van der Waals surface area contributed by atoms with Crippen LogP contribution in [0.5, 0.6) is 0 Å². The smallest absolute Gasteiger partial charge is 0.313 e. The first-order valence-electron chi connectivity index (χ1n) is 14.2. The summed E-state index contributed by atoms with van der Waals surface area (Å²) in [5, 5.41) is 31.4. The average Bonchev–Trinajstić information content (AvgIpc) is 3.19. The minimum absolute atomic E-state index is 0.0638. The number of ether oxygens (including phenoxy) is 2. The number of unbranched alkanes of at least 4 members (excludes halogenated alkanes) is 1. The minimum Gasteiger partial charge on any atom is -0.425 e. The Morgan fingerprint density at radius 2 is 1.70 bits per heavy atom. The summed E-state index contributed by atoms with van der Waals surface area (Å²) in [7, 11) is 0. The molecular weight excluding hydrogens is 508 g/mol. The Morgan fingerprint density at radius 1 is 1.02 bits per heavy atom. The molecule has 0 spiro atoms. The van der Waals surface area contributed by atoms with Gasteiger partial charge in [-0.15, -0.1) is 24.7 Å². The topological polar surface area (TPSA) is 113 Å². The lowest BCUT2D eigenvalue weighted by atomic mass is 9.85. The van der Waals surface area contributed by atoms with E-state index in [-0.39, 0.29) is 31.1 Å². The van der Waals surface area contributed by atoms with Crippen LogP contribution < -0.4 is 0 Å². The Balaban J connectivity index is 1.67. The van der Waals surface area contributed by atoms with Crippen molar-refractivity contribution in [1.82, 2.24) is 0 Å². The molecule has 0 heterocycles.